The molecule has 0 unspecified atom stereocenters. The van der Waals surface area contributed by atoms with Crippen LogP contribution in [0.3, 0.4) is 0 Å². The molecule has 47 heteroatoms. The molecule has 0 aromatic heterocycles. The molecule has 4 aliphatic rings. The van der Waals surface area contributed by atoms with Gasteiger partial charge in [0.1, 0.15) is 17.7 Å². The molecule has 7 aromatic rings. The SMILES string of the molecule is C.C1=Nc2ccccc2C1.CCC(=O)O.CCC(=O)O.CCC(=O)O.CCOC(OCC)OCC.CI.CI.Cc1ccccc1N.Cc1ccccc1[N+](=O)[O-].ClC(Cl)(Cl)Cl.IC(I)I.ICI.N#Cc1cc(CC(=O)O)ccc1F.NC1=NCc2ccc(CC(=O)O)cc21.O=C(O)Cc1ccc2c(c1)C=CC2.O=C(O)Cc1ccc2c(c1)CCC2.[B]=NS.[I][V]([I])[I].[I][V][I]. The number of aliphatic imine (C=N–C) groups is 2. The molecule has 1 radical (unpaired) electrons. The molecule has 0 saturated carbocycles. The number of alkyl halides is 11. The molecule has 736 valence electrons. The molecule has 2 heterocycles. The van der Waals surface area contributed by atoms with Crippen molar-refractivity contribution in [3.8, 4) is 6.07 Å². The monoisotopic (exact) mass is 3360 g/mol. The average Bonchev–Trinajstić information content (AvgIpc) is 1.69. The standard InChI is InChI=1S/C11H12O2.C11H10O2.C10H10N2O2.C9H6FNO2.C8H7N.C7H7NO2.C7H9N.C7H16O3.3C3H6O2.CCl4.CHI3.CH2I2.2CH3I.CH4.BHNS.5HI.2V/c2*12-11(13)7-8-4-5-9-2-1-3-10(9)6-8;11-10-8-3-6(4-9(13)14)1-2-7(8)5-12-10;10-8-2-1-6(4-9(12)13)3-7(8)5-11;1-2-4-8-7(3-1)5-6-9-8;1-6-4-2-3-5-7(6)8(9)10;1-6-4-2-3-5-7(6)8;1-4-8-7(9-5-2)10-6-3;3*1-2-3(4)5;2-1(3,4)5;2-1(3)4;2-1-3;2*1-2;;1-2-3;;;;;;;/h4-6H,1-3,7H2,(H,12,13);1,3-6H,2,7H2,(H,12,13);1-3H,4-5H2,(H2,11,12)(H,13,14);1-3H,4H2,(H,12,13);1-4,6H,5H2;2-5H,1H3;2-5H,8H2,1H3;7H,4-6H2,1-3H3;3*2H2,1H3,(H,4,5);;1H;1H2;2*1H3;1H4;3H;5*1H;;/q;;;;;;;;;;;;;;;;;;;;;;;+2;+3/p-5. The number of para-hydroxylation sites is 3. The first kappa shape index (κ1) is 149. The van der Waals surface area contributed by atoms with Crippen molar-refractivity contribution in [1.82, 2.24) is 0 Å². The van der Waals surface area contributed by atoms with Crippen LogP contribution in [0.5, 0.6) is 0 Å². The summed E-state index contributed by atoms with van der Waals surface area (Å²) in [5, 5.41) is 76.1. The second-order valence-corrected chi connectivity index (χ2v) is 89.7. The van der Waals surface area contributed by atoms with E-state index in [0.29, 0.717) is 52.8 Å². The summed E-state index contributed by atoms with van der Waals surface area (Å²) in [6, 6.07) is 45.4. The Hall–Kier alpha value is -0.486. The summed E-state index contributed by atoms with van der Waals surface area (Å²) in [4.78, 5) is 91.5. The van der Waals surface area contributed by atoms with Gasteiger partial charge in [0.05, 0.1) is 50.8 Å². The van der Waals surface area contributed by atoms with E-state index >= 15 is 0 Å². The molecule has 0 fully saturated rings. The van der Waals surface area contributed by atoms with Gasteiger partial charge in [-0.25, -0.2) is 4.39 Å². The molecule has 11 N–H and O–H groups in total. The summed E-state index contributed by atoms with van der Waals surface area (Å²) < 4.78 is 31.0. The molecule has 11 rings (SSSR count). The number of rotatable bonds is 18. The van der Waals surface area contributed by atoms with E-state index in [1.54, 1.807) is 64.1 Å². The van der Waals surface area contributed by atoms with E-state index in [4.69, 9.17) is 113 Å². The Balaban J connectivity index is -0.000000177. The van der Waals surface area contributed by atoms with Crippen LogP contribution in [0, 0.1) is 41.1 Å². The second kappa shape index (κ2) is 101. The number of benzene rings is 7. The van der Waals surface area contributed by atoms with Gasteiger partial charge in [-0.05, 0) is 162 Å². The minimum absolute atomic E-state index is 0. The van der Waals surface area contributed by atoms with E-state index in [1.165, 1.54) is 54.9 Å². The number of nitro groups is 1. The van der Waals surface area contributed by atoms with Crippen LogP contribution in [0.4, 0.5) is 21.5 Å². The van der Waals surface area contributed by atoms with Gasteiger partial charge in [-0.3, -0.25) is 53.7 Å². The first-order valence-corrected chi connectivity index (χ1v) is 73.0. The molecule has 0 atom stereocenters. The zero-order chi connectivity index (χ0) is 103. The van der Waals surface area contributed by atoms with E-state index in [9.17, 15) is 48.1 Å². The number of carboxylic acid groups (broad SMARTS) is 7. The molecule has 26 nitrogen and oxygen atoms in total. The summed E-state index contributed by atoms with van der Waals surface area (Å²) in [5.74, 6) is -5.72. The number of halogens is 17. The van der Waals surface area contributed by atoms with E-state index in [-0.39, 0.29) is 73.5 Å². The van der Waals surface area contributed by atoms with Gasteiger partial charge in [0.25, 0.3) is 15.4 Å². The summed E-state index contributed by atoms with van der Waals surface area (Å²) >= 11 is 50.4. The predicted octanol–water partition coefficient (Wildman–Crippen LogP) is 28.1. The molecule has 0 spiro atoms. The van der Waals surface area contributed by atoms with Gasteiger partial charge in [-0.2, -0.15) is 5.26 Å². The van der Waals surface area contributed by atoms with Crippen molar-refractivity contribution >= 4 is 402 Å². The zero-order valence-corrected chi connectivity index (χ0v) is 105. The molecule has 0 bridgehead atoms. The number of nitrogens with two attached hydrogens (primary N) is 2. The summed E-state index contributed by atoms with van der Waals surface area (Å²) in [6.45, 7) is 16.2. The summed E-state index contributed by atoms with van der Waals surface area (Å²) in [7, 11) is 4.96. The van der Waals surface area contributed by atoms with Crippen LogP contribution in [0.2, 0.25) is 0 Å². The van der Waals surface area contributed by atoms with Crippen molar-refractivity contribution in [2.45, 2.75) is 156 Å². The van der Waals surface area contributed by atoms with Gasteiger partial charge in [0.2, 0.25) is 0 Å². The molecule has 7 aromatic carbocycles. The van der Waals surface area contributed by atoms with Crippen LogP contribution in [0.25, 0.3) is 6.08 Å². The molecule has 132 heavy (non-hydrogen) atoms. The molecule has 2 aliphatic heterocycles. The van der Waals surface area contributed by atoms with Gasteiger partial charge < -0.3 is 61.4 Å². The molecule has 0 saturated heterocycles. The van der Waals surface area contributed by atoms with E-state index in [0.717, 1.165) is 76.4 Å². The van der Waals surface area contributed by atoms with Crippen LogP contribution in [0.15, 0.2) is 166 Å². The van der Waals surface area contributed by atoms with Crippen LogP contribution < -0.4 is 11.5 Å². The van der Waals surface area contributed by atoms with Crippen LogP contribution >= 0.6 is 317 Å². The van der Waals surface area contributed by atoms with Gasteiger partial charge >= 0.3 is 181 Å². The number of carbonyl (C=O) groups is 7. The fraction of sp³-hybridized carbons (Fsp3) is 0.365. The number of nitriles is 1. The number of carboxylic acids is 7. The Morgan fingerprint density at radius 3 is 1.33 bits per heavy atom. The maximum atomic E-state index is 12.7. The van der Waals surface area contributed by atoms with Crippen LogP contribution in [-0.4, -0.2) is 144 Å². The molecule has 2 aliphatic carbocycles. The number of allylic oxidation sites excluding steroid dienone is 1. The number of nitrogen functional groups attached to an aromatic ring is 1. The van der Waals surface area contributed by atoms with Crippen LogP contribution in [0.1, 0.15) is 153 Å². The van der Waals surface area contributed by atoms with Crippen molar-refractivity contribution < 1.29 is 107 Å². The third-order valence-electron chi connectivity index (χ3n) is 14.3. The van der Waals surface area contributed by atoms with E-state index < -0.39 is 57.3 Å². The number of nitro benzene ring substituents is 1. The van der Waals surface area contributed by atoms with Gasteiger partial charge in [-0.15, -0.1) is 0 Å². The second-order valence-electron chi connectivity index (χ2n) is 23.6. The third-order valence-corrected chi connectivity index (χ3v) is 14.3. The van der Waals surface area contributed by atoms with Crippen molar-refractivity contribution in [1.29, 1.82) is 5.26 Å². The van der Waals surface area contributed by atoms with Crippen molar-refractivity contribution in [3.05, 3.63) is 245 Å². The molecular weight excluding hydrogens is 3250 g/mol. The van der Waals surface area contributed by atoms with E-state index in [1.807, 2.05) is 129 Å². The number of aryl methyl sites for hydroxylation is 4. The Morgan fingerprint density at radius 1 is 0.606 bits per heavy atom. The van der Waals surface area contributed by atoms with Gasteiger partial charge in [0, 0.05) is 74.6 Å². The predicted molar refractivity (Wildman–Crippen MR) is 638 cm³/mol. The number of fused-ring (bicyclic) bond motifs is 4. The minimum atomic E-state index is -1.61. The quantitative estimate of drug-likeness (QED) is 0.00557. The molecular formula is C85H109BCl4FI12N7O19SV2. The average molecular weight is 3360 g/mol. The Kier molecular flexibility index (Phi) is 114. The number of thiol groups is 1. The number of ether oxygens (including phenoxy) is 3. The first-order valence-electron chi connectivity index (χ1n) is 37.4. The number of amidine groups is 1. The number of nitrogens with zero attached hydrogens (tertiary/aromatic N) is 5. The van der Waals surface area contributed by atoms with Gasteiger partial charge in [-0.1, -0.05) is 354 Å². The van der Waals surface area contributed by atoms with Crippen LogP contribution in [-0.2, 0) is 120 Å². The third kappa shape index (κ3) is 97.0. The Bertz CT molecular complexity index is 4400. The summed E-state index contributed by atoms with van der Waals surface area (Å²) in [5.41, 5.74) is 26.5. The van der Waals surface area contributed by atoms with Gasteiger partial charge in [0.15, 0.2) is 0 Å². The number of hydrogen-bond acceptors (Lipinski definition) is 19. The molecule has 0 amide bonds. The topological polar surface area (TPSA) is 445 Å². The van der Waals surface area contributed by atoms with Crippen molar-refractivity contribution in [3.63, 3.8) is 0 Å². The number of hydrogen-bond donors (Lipinski definition) is 10. The summed E-state index contributed by atoms with van der Waals surface area (Å²) in [6.07, 6.45) is 12.3. The van der Waals surface area contributed by atoms with Crippen molar-refractivity contribution in [2.75, 3.05) is 37.8 Å². The Labute approximate surface area is 964 Å². The number of aliphatic carboxylic acids is 7. The van der Waals surface area contributed by atoms with E-state index in [2.05, 4.69) is 311 Å². The fourth-order valence-corrected chi connectivity index (χ4v) is 8.93. The number of anilines is 1. The normalized spacial score (nSPS) is 10.3. The zero-order valence-electron chi connectivity index (χ0n) is 72.5. The first-order chi connectivity index (χ1) is 61.7. The fourth-order valence-electron chi connectivity index (χ4n) is 8.93. The van der Waals surface area contributed by atoms with Crippen molar-refractivity contribution in [2.24, 2.45) is 20.0 Å². The Morgan fingerprint density at radius 2 is 0.962 bits per heavy atom. The maximum absolute atomic E-state index is 12.7.